The first-order valence-corrected chi connectivity index (χ1v) is 6.57. The Labute approximate surface area is 107 Å². The maximum absolute atomic E-state index is 5.59. The van der Waals surface area contributed by atoms with Crippen LogP contribution in [0.1, 0.15) is 13.3 Å². The first-order chi connectivity index (χ1) is 8.83. The summed E-state index contributed by atoms with van der Waals surface area (Å²) >= 11 is 0. The summed E-state index contributed by atoms with van der Waals surface area (Å²) < 4.78 is 16.6. The summed E-state index contributed by atoms with van der Waals surface area (Å²) in [5.74, 6) is 2.21. The number of hydrogen-bond donors (Lipinski definition) is 1. The quantitative estimate of drug-likeness (QED) is 0.873. The molecule has 0 amide bonds. The molecule has 1 aromatic rings. The number of anilines is 1. The number of rotatable bonds is 2. The molecule has 3 rings (SSSR count). The van der Waals surface area contributed by atoms with Gasteiger partial charge >= 0.3 is 0 Å². The monoisotopic (exact) mass is 249 g/mol. The van der Waals surface area contributed by atoms with E-state index in [0.717, 1.165) is 36.8 Å². The van der Waals surface area contributed by atoms with Crippen LogP contribution in [-0.2, 0) is 4.74 Å². The van der Waals surface area contributed by atoms with Crippen LogP contribution in [0.25, 0.3) is 0 Å². The molecular formula is C14H19NO3. The third-order valence-electron chi connectivity index (χ3n) is 3.54. The zero-order valence-electron chi connectivity index (χ0n) is 10.6. The van der Waals surface area contributed by atoms with E-state index >= 15 is 0 Å². The van der Waals surface area contributed by atoms with E-state index in [0.29, 0.717) is 25.2 Å². The fraction of sp³-hybridized carbons (Fsp3) is 0.571. The topological polar surface area (TPSA) is 39.7 Å². The minimum Gasteiger partial charge on any atom is -0.486 e. The molecule has 1 saturated heterocycles. The molecule has 1 fully saturated rings. The van der Waals surface area contributed by atoms with Crippen molar-refractivity contribution in [1.29, 1.82) is 0 Å². The van der Waals surface area contributed by atoms with E-state index in [4.69, 9.17) is 14.2 Å². The Hall–Kier alpha value is -1.42. The predicted octanol–water partition coefficient (Wildman–Crippen LogP) is 2.29. The number of fused-ring (bicyclic) bond motifs is 1. The Morgan fingerprint density at radius 3 is 2.78 bits per heavy atom. The first-order valence-electron chi connectivity index (χ1n) is 6.57. The smallest absolute Gasteiger partial charge is 0.163 e. The van der Waals surface area contributed by atoms with E-state index in [1.54, 1.807) is 0 Å². The largest absolute Gasteiger partial charge is 0.486 e. The minimum absolute atomic E-state index is 0.473. The number of hydrogen-bond acceptors (Lipinski definition) is 4. The third kappa shape index (κ3) is 2.38. The van der Waals surface area contributed by atoms with Crippen molar-refractivity contribution < 1.29 is 14.2 Å². The Bertz CT molecular complexity index is 422. The van der Waals surface area contributed by atoms with Gasteiger partial charge in [0.05, 0.1) is 6.61 Å². The molecule has 0 aromatic heterocycles. The highest BCUT2D eigenvalue weighted by Gasteiger charge is 2.22. The van der Waals surface area contributed by atoms with Gasteiger partial charge in [-0.2, -0.15) is 0 Å². The van der Waals surface area contributed by atoms with Crippen LogP contribution in [0.4, 0.5) is 5.69 Å². The Morgan fingerprint density at radius 2 is 1.94 bits per heavy atom. The van der Waals surface area contributed by atoms with Gasteiger partial charge < -0.3 is 19.5 Å². The maximum atomic E-state index is 5.59. The highest BCUT2D eigenvalue weighted by atomic mass is 16.6. The van der Waals surface area contributed by atoms with Crippen LogP contribution in [0.5, 0.6) is 11.5 Å². The highest BCUT2D eigenvalue weighted by molar-refractivity contribution is 5.55. The van der Waals surface area contributed by atoms with Crippen LogP contribution in [-0.4, -0.2) is 32.5 Å². The molecule has 2 atom stereocenters. The summed E-state index contributed by atoms with van der Waals surface area (Å²) in [6.45, 7) is 5.16. The summed E-state index contributed by atoms with van der Waals surface area (Å²) in [7, 11) is 0. The lowest BCUT2D eigenvalue weighted by molar-refractivity contribution is 0.0537. The molecule has 4 nitrogen and oxygen atoms in total. The van der Waals surface area contributed by atoms with Crippen LogP contribution in [0.2, 0.25) is 0 Å². The summed E-state index contributed by atoms with van der Waals surface area (Å²) in [5, 5.41) is 3.57. The lowest BCUT2D eigenvalue weighted by Crippen LogP contribution is -2.35. The van der Waals surface area contributed by atoms with Crippen molar-refractivity contribution in [3.05, 3.63) is 18.2 Å². The van der Waals surface area contributed by atoms with Gasteiger partial charge in [-0.05, 0) is 24.5 Å². The molecule has 98 valence electrons. The van der Waals surface area contributed by atoms with Crippen LogP contribution in [0.3, 0.4) is 0 Å². The van der Waals surface area contributed by atoms with Gasteiger partial charge in [-0.1, -0.05) is 6.92 Å². The fourth-order valence-corrected chi connectivity index (χ4v) is 2.44. The van der Waals surface area contributed by atoms with Gasteiger partial charge in [-0.3, -0.25) is 0 Å². The molecule has 2 heterocycles. The lowest BCUT2D eigenvalue weighted by Gasteiger charge is -2.30. The molecule has 18 heavy (non-hydrogen) atoms. The van der Waals surface area contributed by atoms with Crippen molar-refractivity contribution >= 4 is 5.69 Å². The summed E-state index contributed by atoms with van der Waals surface area (Å²) in [4.78, 5) is 0. The molecule has 0 radical (unpaired) electrons. The second-order valence-electron chi connectivity index (χ2n) is 4.95. The van der Waals surface area contributed by atoms with Gasteiger partial charge in [0.2, 0.25) is 0 Å². The molecule has 2 aliphatic rings. The van der Waals surface area contributed by atoms with Crippen molar-refractivity contribution in [3.63, 3.8) is 0 Å². The van der Waals surface area contributed by atoms with Gasteiger partial charge in [0.1, 0.15) is 13.2 Å². The molecule has 2 aliphatic heterocycles. The van der Waals surface area contributed by atoms with Crippen molar-refractivity contribution in [2.75, 3.05) is 31.7 Å². The second kappa shape index (κ2) is 5.06. The van der Waals surface area contributed by atoms with Gasteiger partial charge in [0.15, 0.2) is 11.5 Å². The average Bonchev–Trinajstić information content (AvgIpc) is 2.41. The van der Waals surface area contributed by atoms with Crippen molar-refractivity contribution in [2.45, 2.75) is 19.4 Å². The van der Waals surface area contributed by atoms with Crippen LogP contribution in [0, 0.1) is 5.92 Å². The molecule has 0 aliphatic carbocycles. The Morgan fingerprint density at radius 1 is 1.11 bits per heavy atom. The first kappa shape index (κ1) is 11.7. The van der Waals surface area contributed by atoms with E-state index in [2.05, 4.69) is 18.3 Å². The van der Waals surface area contributed by atoms with Crippen LogP contribution < -0.4 is 14.8 Å². The predicted molar refractivity (Wildman–Crippen MR) is 69.4 cm³/mol. The Balaban J connectivity index is 1.72. The van der Waals surface area contributed by atoms with Gasteiger partial charge in [0.25, 0.3) is 0 Å². The van der Waals surface area contributed by atoms with Gasteiger partial charge in [0, 0.05) is 24.4 Å². The third-order valence-corrected chi connectivity index (χ3v) is 3.54. The number of nitrogens with one attached hydrogen (secondary N) is 1. The van der Waals surface area contributed by atoms with E-state index in [1.807, 2.05) is 12.1 Å². The van der Waals surface area contributed by atoms with Crippen LogP contribution >= 0.6 is 0 Å². The highest BCUT2D eigenvalue weighted by Crippen LogP contribution is 2.33. The standard InChI is InChI=1S/C14H19NO3/c1-10-9-16-5-4-12(10)15-11-2-3-13-14(8-11)18-7-6-17-13/h2-3,8,10,12,15H,4-7,9H2,1H3. The van der Waals surface area contributed by atoms with Gasteiger partial charge in [-0.25, -0.2) is 0 Å². The summed E-state index contributed by atoms with van der Waals surface area (Å²) in [6, 6.07) is 6.52. The minimum atomic E-state index is 0.473. The van der Waals surface area contributed by atoms with Crippen molar-refractivity contribution in [3.8, 4) is 11.5 Å². The molecule has 1 N–H and O–H groups in total. The molecule has 0 bridgehead atoms. The lowest BCUT2D eigenvalue weighted by atomic mass is 9.97. The van der Waals surface area contributed by atoms with Gasteiger partial charge in [-0.15, -0.1) is 0 Å². The molecule has 0 saturated carbocycles. The fourth-order valence-electron chi connectivity index (χ4n) is 2.44. The number of ether oxygens (including phenoxy) is 3. The normalized spacial score (nSPS) is 26.7. The molecule has 0 spiro atoms. The Kier molecular flexibility index (Phi) is 3.28. The van der Waals surface area contributed by atoms with E-state index in [-0.39, 0.29) is 0 Å². The number of benzene rings is 1. The zero-order chi connectivity index (χ0) is 12.4. The zero-order valence-corrected chi connectivity index (χ0v) is 10.6. The molecular weight excluding hydrogens is 230 g/mol. The van der Waals surface area contributed by atoms with Crippen molar-refractivity contribution in [2.24, 2.45) is 5.92 Å². The van der Waals surface area contributed by atoms with E-state index < -0.39 is 0 Å². The second-order valence-corrected chi connectivity index (χ2v) is 4.95. The summed E-state index contributed by atoms with van der Waals surface area (Å²) in [6.07, 6.45) is 1.05. The van der Waals surface area contributed by atoms with Crippen molar-refractivity contribution in [1.82, 2.24) is 0 Å². The van der Waals surface area contributed by atoms with E-state index in [1.165, 1.54) is 0 Å². The average molecular weight is 249 g/mol. The SMILES string of the molecule is CC1COCCC1Nc1ccc2c(c1)OCCO2. The van der Waals surface area contributed by atoms with E-state index in [9.17, 15) is 0 Å². The maximum Gasteiger partial charge on any atom is 0.163 e. The van der Waals surface area contributed by atoms with Crippen LogP contribution in [0.15, 0.2) is 18.2 Å². The molecule has 4 heteroatoms. The summed E-state index contributed by atoms with van der Waals surface area (Å²) in [5.41, 5.74) is 1.10. The molecule has 1 aromatic carbocycles. The molecule has 2 unspecified atom stereocenters.